The summed E-state index contributed by atoms with van der Waals surface area (Å²) < 4.78 is 41.8. The molecule has 0 aromatic carbocycles. The van der Waals surface area contributed by atoms with E-state index in [1.54, 1.807) is 6.20 Å². The van der Waals surface area contributed by atoms with E-state index >= 15 is 0 Å². The molecule has 0 aliphatic heterocycles. The zero-order valence-corrected chi connectivity index (χ0v) is 17.3. The van der Waals surface area contributed by atoms with Gasteiger partial charge in [-0.25, -0.2) is 4.98 Å². The van der Waals surface area contributed by atoms with E-state index in [1.807, 2.05) is 25.4 Å². The van der Waals surface area contributed by atoms with Crippen LogP contribution in [0.25, 0.3) is 5.65 Å². The summed E-state index contributed by atoms with van der Waals surface area (Å²) in [5.74, 6) is 0.254. The molecule has 1 aliphatic rings. The molecule has 0 amide bonds. The minimum absolute atomic E-state index is 0.129. The average Bonchev–Trinajstić information content (AvgIpc) is 3.29. The molecule has 3 aromatic rings. The summed E-state index contributed by atoms with van der Waals surface area (Å²) >= 11 is 3.22. The summed E-state index contributed by atoms with van der Waals surface area (Å²) in [6.45, 7) is 0.463. The number of hydrogen-bond donors (Lipinski definition) is 2. The van der Waals surface area contributed by atoms with Crippen LogP contribution < -0.4 is 10.6 Å². The van der Waals surface area contributed by atoms with Crippen LogP contribution in [0.5, 0.6) is 0 Å². The Balaban J connectivity index is 1.70. The standard InChI is InChI=1S/C19H20BrF3N6/c1-24-13-4-5-18(9-13,12-3-2-6-25-10-12)11-26-16-7-14(19(21,22)23)27-17-8-15(20)28-29(16)17/h2-3,6-8,10,13,24,26H,4-5,9,11H2,1H3/t13-,18-/m1/s1. The summed E-state index contributed by atoms with van der Waals surface area (Å²) in [7, 11) is 1.93. The van der Waals surface area contributed by atoms with Crippen LogP contribution in [0.2, 0.25) is 0 Å². The molecule has 6 nitrogen and oxygen atoms in total. The van der Waals surface area contributed by atoms with Gasteiger partial charge in [0.15, 0.2) is 11.3 Å². The predicted octanol–water partition coefficient (Wildman–Crippen LogP) is 4.03. The molecule has 0 radical (unpaired) electrons. The van der Waals surface area contributed by atoms with Crippen molar-refractivity contribution in [2.45, 2.75) is 36.9 Å². The molecule has 3 aromatic heterocycles. The summed E-state index contributed by atoms with van der Waals surface area (Å²) in [6, 6.07) is 6.73. The van der Waals surface area contributed by atoms with Gasteiger partial charge >= 0.3 is 6.18 Å². The van der Waals surface area contributed by atoms with Crippen LogP contribution in [0.1, 0.15) is 30.5 Å². The van der Waals surface area contributed by atoms with Crippen LogP contribution in [0.15, 0.2) is 41.3 Å². The fraction of sp³-hybridized carbons (Fsp3) is 0.421. The highest BCUT2D eigenvalue weighted by Gasteiger charge is 2.40. The van der Waals surface area contributed by atoms with E-state index in [1.165, 1.54) is 10.6 Å². The Bertz CT molecular complexity index is 1010. The maximum atomic E-state index is 13.3. The Kier molecular flexibility index (Phi) is 5.24. The lowest BCUT2D eigenvalue weighted by atomic mass is 9.79. The third-order valence-corrected chi connectivity index (χ3v) is 5.97. The van der Waals surface area contributed by atoms with Gasteiger partial charge in [0.1, 0.15) is 10.4 Å². The molecule has 1 fully saturated rings. The molecule has 1 saturated carbocycles. The van der Waals surface area contributed by atoms with E-state index in [0.717, 1.165) is 30.9 Å². The first kappa shape index (κ1) is 20.1. The molecule has 0 bridgehead atoms. The minimum atomic E-state index is -4.54. The fourth-order valence-electron chi connectivity index (χ4n) is 4.05. The smallest absolute Gasteiger partial charge is 0.369 e. The maximum absolute atomic E-state index is 13.3. The molecule has 29 heavy (non-hydrogen) atoms. The van der Waals surface area contributed by atoms with Crippen molar-refractivity contribution < 1.29 is 13.2 Å². The summed E-state index contributed by atoms with van der Waals surface area (Å²) in [4.78, 5) is 7.94. The molecule has 2 N–H and O–H groups in total. The Morgan fingerprint density at radius 1 is 1.34 bits per heavy atom. The number of pyridine rings is 1. The number of hydrogen-bond acceptors (Lipinski definition) is 5. The molecule has 10 heteroatoms. The zero-order valence-electron chi connectivity index (χ0n) is 15.7. The lowest BCUT2D eigenvalue weighted by Crippen LogP contribution is -2.35. The monoisotopic (exact) mass is 468 g/mol. The summed E-state index contributed by atoms with van der Waals surface area (Å²) in [5, 5.41) is 10.8. The van der Waals surface area contributed by atoms with E-state index in [2.05, 4.69) is 41.6 Å². The highest BCUT2D eigenvalue weighted by Crippen LogP contribution is 2.41. The third-order valence-electron chi connectivity index (χ3n) is 5.59. The van der Waals surface area contributed by atoms with E-state index in [0.29, 0.717) is 17.2 Å². The van der Waals surface area contributed by atoms with Gasteiger partial charge in [0.25, 0.3) is 0 Å². The number of anilines is 1. The first-order chi connectivity index (χ1) is 13.8. The number of rotatable bonds is 5. The van der Waals surface area contributed by atoms with Crippen molar-refractivity contribution in [3.8, 4) is 0 Å². The number of nitrogens with zero attached hydrogens (tertiary/aromatic N) is 4. The number of aromatic nitrogens is 4. The predicted molar refractivity (Wildman–Crippen MR) is 107 cm³/mol. The van der Waals surface area contributed by atoms with E-state index in [9.17, 15) is 13.2 Å². The second-order valence-corrected chi connectivity index (χ2v) is 8.18. The maximum Gasteiger partial charge on any atom is 0.433 e. The van der Waals surface area contributed by atoms with Crippen molar-refractivity contribution in [3.63, 3.8) is 0 Å². The number of alkyl halides is 3. The van der Waals surface area contributed by atoms with Crippen molar-refractivity contribution in [3.05, 3.63) is 52.5 Å². The highest BCUT2D eigenvalue weighted by atomic mass is 79.9. The van der Waals surface area contributed by atoms with Crippen molar-refractivity contribution in [2.24, 2.45) is 0 Å². The van der Waals surface area contributed by atoms with Crippen LogP contribution in [0, 0.1) is 0 Å². The van der Waals surface area contributed by atoms with Crippen LogP contribution in [0.4, 0.5) is 19.0 Å². The number of nitrogens with one attached hydrogen (secondary N) is 2. The lowest BCUT2D eigenvalue weighted by molar-refractivity contribution is -0.141. The number of fused-ring (bicyclic) bond motifs is 1. The Morgan fingerprint density at radius 3 is 2.83 bits per heavy atom. The molecule has 0 unspecified atom stereocenters. The molecule has 2 atom stereocenters. The van der Waals surface area contributed by atoms with Crippen LogP contribution in [-0.2, 0) is 11.6 Å². The van der Waals surface area contributed by atoms with Crippen molar-refractivity contribution >= 4 is 27.4 Å². The Hall–Kier alpha value is -2.20. The third kappa shape index (κ3) is 3.95. The molecule has 0 spiro atoms. The van der Waals surface area contributed by atoms with E-state index < -0.39 is 11.9 Å². The van der Waals surface area contributed by atoms with Gasteiger partial charge in [-0.15, -0.1) is 0 Å². The molecule has 154 valence electrons. The van der Waals surface area contributed by atoms with Gasteiger partial charge in [-0.2, -0.15) is 22.8 Å². The van der Waals surface area contributed by atoms with Crippen LogP contribution in [-0.4, -0.2) is 39.2 Å². The van der Waals surface area contributed by atoms with Gasteiger partial charge in [0.2, 0.25) is 0 Å². The van der Waals surface area contributed by atoms with E-state index in [-0.39, 0.29) is 16.9 Å². The van der Waals surface area contributed by atoms with Gasteiger partial charge < -0.3 is 10.6 Å². The molecule has 4 rings (SSSR count). The van der Waals surface area contributed by atoms with Crippen LogP contribution >= 0.6 is 15.9 Å². The van der Waals surface area contributed by atoms with E-state index in [4.69, 9.17) is 0 Å². The average molecular weight is 469 g/mol. The van der Waals surface area contributed by atoms with Gasteiger partial charge in [-0.1, -0.05) is 6.07 Å². The van der Waals surface area contributed by atoms with Gasteiger partial charge in [0, 0.05) is 42.5 Å². The second-order valence-electron chi connectivity index (χ2n) is 7.37. The van der Waals surface area contributed by atoms with Crippen molar-refractivity contribution in [1.82, 2.24) is 24.9 Å². The van der Waals surface area contributed by atoms with Crippen LogP contribution in [0.3, 0.4) is 0 Å². The summed E-state index contributed by atoms with van der Waals surface area (Å²) in [6.07, 6.45) is 1.78. The van der Waals surface area contributed by atoms with Crippen molar-refractivity contribution in [1.29, 1.82) is 0 Å². The Labute approximate surface area is 174 Å². The molecule has 3 heterocycles. The largest absolute Gasteiger partial charge is 0.433 e. The Morgan fingerprint density at radius 2 is 2.17 bits per heavy atom. The topological polar surface area (TPSA) is 67.1 Å². The summed E-state index contributed by atoms with van der Waals surface area (Å²) in [5.41, 5.74) is 0.0209. The van der Waals surface area contributed by atoms with Gasteiger partial charge in [0.05, 0.1) is 0 Å². The second kappa shape index (κ2) is 7.56. The normalized spacial score (nSPS) is 22.3. The first-order valence-corrected chi connectivity index (χ1v) is 10.1. The first-order valence-electron chi connectivity index (χ1n) is 9.26. The van der Waals surface area contributed by atoms with Gasteiger partial charge in [-0.05, 0) is 53.9 Å². The number of halogens is 4. The van der Waals surface area contributed by atoms with Gasteiger partial charge in [-0.3, -0.25) is 4.98 Å². The molecular formula is C19H20BrF3N6. The lowest BCUT2D eigenvalue weighted by Gasteiger charge is -2.30. The molecule has 0 saturated heterocycles. The quantitative estimate of drug-likeness (QED) is 0.591. The minimum Gasteiger partial charge on any atom is -0.369 e. The molecule has 1 aliphatic carbocycles. The molecular weight excluding hydrogens is 449 g/mol. The highest BCUT2D eigenvalue weighted by molar-refractivity contribution is 9.10. The SMILES string of the molecule is CN[C@@H]1CC[C@@](CNc2cc(C(F)(F)F)nc3cc(Br)nn23)(c2cccnc2)C1. The zero-order chi connectivity index (χ0) is 20.6. The fourth-order valence-corrected chi connectivity index (χ4v) is 4.41. The van der Waals surface area contributed by atoms with Crippen molar-refractivity contribution in [2.75, 3.05) is 18.9 Å².